The average molecular weight is 270 g/mol. The number of hydrogen-bond acceptors (Lipinski definition) is 2. The van der Waals surface area contributed by atoms with E-state index in [0.717, 1.165) is 6.08 Å². The minimum absolute atomic E-state index is 0. The van der Waals surface area contributed by atoms with E-state index < -0.39 is 6.98 Å². The molecule has 0 aliphatic carbocycles. The topological polar surface area (TPSA) is 18.5 Å². The van der Waals surface area contributed by atoms with Crippen molar-refractivity contribution in [3.05, 3.63) is 29.7 Å². The maximum absolute atomic E-state index is 12.0. The number of halogens is 3. The summed E-state index contributed by atoms with van der Waals surface area (Å²) in [6, 6.07) is 4.59. The van der Waals surface area contributed by atoms with E-state index in [1.54, 1.807) is 6.07 Å². The quantitative estimate of drug-likeness (QED) is 0.723. The number of rotatable bonds is 4. The molecule has 0 aromatic heterocycles. The van der Waals surface area contributed by atoms with Crippen LogP contribution in [0.1, 0.15) is 5.56 Å². The minimum Gasteiger partial charge on any atom is -0.497 e. The van der Waals surface area contributed by atoms with Gasteiger partial charge in [-0.2, -0.15) is 0 Å². The van der Waals surface area contributed by atoms with Crippen LogP contribution in [0.25, 0.3) is 6.08 Å². The molecule has 0 N–H and O–H groups in total. The Hall–Kier alpha value is 0.0513. The van der Waals surface area contributed by atoms with Gasteiger partial charge in [0.2, 0.25) is 0 Å². The zero-order chi connectivity index (χ0) is 12.2. The van der Waals surface area contributed by atoms with Crippen molar-refractivity contribution in [3.8, 4) is 11.5 Å². The summed E-state index contributed by atoms with van der Waals surface area (Å²) in [5.74, 6) is 1.14. The number of methoxy groups -OCH3 is 2. The largest absolute Gasteiger partial charge is 1.00 e. The standard InChI is InChI=1S/C10H11BF3O2.K/c1-15-9-5-8(3-4-11(12,13)14)6-10(7-9)16-2;/h3-7H,1-2H3;/q-1;+1/b4-3+;. The number of ether oxygens (including phenoxy) is 2. The number of hydrogen-bond donors (Lipinski definition) is 0. The molecule has 0 unspecified atom stereocenters. The van der Waals surface area contributed by atoms with Gasteiger partial charge in [-0.25, -0.2) is 0 Å². The second-order valence-corrected chi connectivity index (χ2v) is 3.13. The van der Waals surface area contributed by atoms with Gasteiger partial charge in [0.15, 0.2) is 0 Å². The Morgan fingerprint density at radius 1 is 1.00 bits per heavy atom. The summed E-state index contributed by atoms with van der Waals surface area (Å²) in [5.41, 5.74) is 0.385. The summed E-state index contributed by atoms with van der Waals surface area (Å²) in [6.45, 7) is -4.92. The molecule has 0 aliphatic heterocycles. The molecular formula is C10H11BF3KO2. The van der Waals surface area contributed by atoms with Crippen molar-refractivity contribution in [3.63, 3.8) is 0 Å². The molecule has 0 atom stereocenters. The molecule has 0 fully saturated rings. The van der Waals surface area contributed by atoms with E-state index in [2.05, 4.69) is 0 Å². The summed E-state index contributed by atoms with van der Waals surface area (Å²) in [5, 5.41) is 0. The van der Waals surface area contributed by atoms with Gasteiger partial charge in [0.1, 0.15) is 11.5 Å². The Morgan fingerprint density at radius 2 is 1.47 bits per heavy atom. The second kappa shape index (κ2) is 7.48. The van der Waals surface area contributed by atoms with Gasteiger partial charge in [-0.05, 0) is 17.7 Å². The summed E-state index contributed by atoms with van der Waals surface area (Å²) in [6.07, 6.45) is 0.991. The Kier molecular flexibility index (Phi) is 7.50. The maximum Gasteiger partial charge on any atom is 1.00 e. The van der Waals surface area contributed by atoms with Crippen LogP contribution in [0.15, 0.2) is 24.2 Å². The molecule has 0 saturated carbocycles. The second-order valence-electron chi connectivity index (χ2n) is 3.13. The first kappa shape index (κ1) is 17.1. The van der Waals surface area contributed by atoms with Crippen molar-refractivity contribution in [2.24, 2.45) is 0 Å². The monoisotopic (exact) mass is 270 g/mol. The third kappa shape index (κ3) is 6.52. The van der Waals surface area contributed by atoms with Gasteiger partial charge in [0, 0.05) is 6.07 Å². The van der Waals surface area contributed by atoms with Crippen molar-refractivity contribution in [2.45, 2.75) is 0 Å². The maximum atomic E-state index is 12.0. The van der Waals surface area contributed by atoms with Crippen LogP contribution in [0, 0.1) is 0 Å². The number of benzene rings is 1. The average Bonchev–Trinajstić information content (AvgIpc) is 2.25. The fraction of sp³-hybridized carbons (Fsp3) is 0.200. The van der Waals surface area contributed by atoms with Crippen molar-refractivity contribution in [2.75, 3.05) is 14.2 Å². The van der Waals surface area contributed by atoms with Gasteiger partial charge in [-0.15, -0.1) is 5.98 Å². The summed E-state index contributed by atoms with van der Waals surface area (Å²) < 4.78 is 45.9. The van der Waals surface area contributed by atoms with E-state index in [1.807, 2.05) is 0 Å². The minimum atomic E-state index is -4.92. The van der Waals surface area contributed by atoms with Crippen LogP contribution >= 0.6 is 0 Å². The van der Waals surface area contributed by atoms with Crippen LogP contribution < -0.4 is 60.9 Å². The first-order valence-corrected chi connectivity index (χ1v) is 4.57. The van der Waals surface area contributed by atoms with Crippen LogP contribution in [-0.2, 0) is 0 Å². The first-order chi connectivity index (χ1) is 7.44. The van der Waals surface area contributed by atoms with E-state index in [0.29, 0.717) is 17.1 Å². The SMILES string of the molecule is COc1cc(/C=C/[B-](F)(F)F)cc(OC)c1.[K+]. The van der Waals surface area contributed by atoms with Crippen LogP contribution in [0.3, 0.4) is 0 Å². The van der Waals surface area contributed by atoms with Crippen LogP contribution in [0.5, 0.6) is 11.5 Å². The molecule has 0 saturated heterocycles. The van der Waals surface area contributed by atoms with Crippen LogP contribution in [0.2, 0.25) is 0 Å². The fourth-order valence-electron chi connectivity index (χ4n) is 1.15. The molecule has 0 heterocycles. The summed E-state index contributed by atoms with van der Waals surface area (Å²) >= 11 is 0. The van der Waals surface area contributed by atoms with Gasteiger partial charge in [0.25, 0.3) is 0 Å². The predicted molar refractivity (Wildman–Crippen MR) is 57.7 cm³/mol. The summed E-state index contributed by atoms with van der Waals surface area (Å²) in [7, 11) is 2.88. The van der Waals surface area contributed by atoms with E-state index in [4.69, 9.17) is 9.47 Å². The van der Waals surface area contributed by atoms with E-state index in [1.165, 1.54) is 26.4 Å². The first-order valence-electron chi connectivity index (χ1n) is 4.57. The zero-order valence-electron chi connectivity index (χ0n) is 9.91. The Labute approximate surface area is 141 Å². The molecule has 2 nitrogen and oxygen atoms in total. The molecule has 7 heteroatoms. The molecule has 0 radical (unpaired) electrons. The molecule has 1 rings (SSSR count). The molecule has 1 aromatic rings. The molecule has 0 spiro atoms. The summed E-state index contributed by atoms with van der Waals surface area (Å²) in [4.78, 5) is 0. The Morgan fingerprint density at radius 3 is 1.82 bits per heavy atom. The molecule has 17 heavy (non-hydrogen) atoms. The van der Waals surface area contributed by atoms with Gasteiger partial charge >= 0.3 is 58.4 Å². The molecule has 0 amide bonds. The normalized spacial score (nSPS) is 11.1. The van der Waals surface area contributed by atoms with Gasteiger partial charge in [-0.1, -0.05) is 6.08 Å². The van der Waals surface area contributed by atoms with Crippen molar-refractivity contribution in [1.29, 1.82) is 0 Å². The third-order valence-electron chi connectivity index (χ3n) is 1.88. The van der Waals surface area contributed by atoms with Crippen molar-refractivity contribution < 1.29 is 73.8 Å². The predicted octanol–water partition coefficient (Wildman–Crippen LogP) is 0.108. The van der Waals surface area contributed by atoms with E-state index in [9.17, 15) is 12.9 Å². The molecule has 88 valence electrons. The van der Waals surface area contributed by atoms with Crippen molar-refractivity contribution >= 4 is 13.1 Å². The van der Waals surface area contributed by atoms with Crippen molar-refractivity contribution in [1.82, 2.24) is 0 Å². The van der Waals surface area contributed by atoms with Gasteiger partial charge in [0.05, 0.1) is 14.2 Å². The molecular weight excluding hydrogens is 259 g/mol. The van der Waals surface area contributed by atoms with Crippen LogP contribution in [0.4, 0.5) is 12.9 Å². The van der Waals surface area contributed by atoms with Crippen LogP contribution in [-0.4, -0.2) is 21.2 Å². The van der Waals surface area contributed by atoms with E-state index in [-0.39, 0.29) is 57.4 Å². The van der Waals surface area contributed by atoms with Gasteiger partial charge < -0.3 is 22.4 Å². The smallest absolute Gasteiger partial charge is 0.497 e. The fourth-order valence-corrected chi connectivity index (χ4v) is 1.15. The van der Waals surface area contributed by atoms with Gasteiger partial charge in [-0.3, -0.25) is 0 Å². The third-order valence-corrected chi connectivity index (χ3v) is 1.88. The Balaban J connectivity index is 0.00000256. The van der Waals surface area contributed by atoms with E-state index >= 15 is 0 Å². The Bertz CT molecular complexity index is 371. The zero-order valence-corrected chi connectivity index (χ0v) is 13.0. The molecule has 1 aromatic carbocycles. The molecule has 0 bridgehead atoms. The molecule has 0 aliphatic rings.